The molecule has 0 aliphatic heterocycles. The van der Waals surface area contributed by atoms with Crippen LogP contribution < -0.4 is 0 Å². The fourth-order valence-electron chi connectivity index (χ4n) is 1.88. The molecule has 0 unspecified atom stereocenters. The van der Waals surface area contributed by atoms with E-state index in [1.54, 1.807) is 0 Å². The molecule has 0 spiro atoms. The van der Waals surface area contributed by atoms with Crippen LogP contribution in [0.3, 0.4) is 0 Å². The van der Waals surface area contributed by atoms with E-state index < -0.39 is 16.0 Å². The molecular weight excluding hydrogens is 294 g/mol. The first-order chi connectivity index (χ1) is 9.93. The third-order valence-electron chi connectivity index (χ3n) is 3.41. The Morgan fingerprint density at radius 2 is 2.05 bits per heavy atom. The summed E-state index contributed by atoms with van der Waals surface area (Å²) in [6, 6.07) is 5.60. The molecule has 1 aromatic carbocycles. The normalized spacial score (nSPS) is 15.3. The van der Waals surface area contributed by atoms with Crippen LogP contribution in [-0.2, 0) is 14.8 Å². The lowest BCUT2D eigenvalue weighted by Gasteiger charge is -2.18. The predicted octanol–water partition coefficient (Wildman–Crippen LogP) is 1.43. The molecule has 21 heavy (non-hydrogen) atoms. The molecule has 1 saturated carbocycles. The molecule has 1 fully saturated rings. The second-order valence-electron chi connectivity index (χ2n) is 5.15. The van der Waals surface area contributed by atoms with E-state index in [0.29, 0.717) is 19.1 Å². The Balaban J connectivity index is 2.03. The van der Waals surface area contributed by atoms with Gasteiger partial charge in [-0.15, -0.1) is 0 Å². The van der Waals surface area contributed by atoms with Crippen LogP contribution in [0.15, 0.2) is 29.2 Å². The average molecular weight is 313 g/mol. The van der Waals surface area contributed by atoms with Crippen LogP contribution in [0.25, 0.3) is 0 Å². The van der Waals surface area contributed by atoms with Crippen LogP contribution in [0.2, 0.25) is 0 Å². The van der Waals surface area contributed by atoms with Gasteiger partial charge in [-0.25, -0.2) is 13.2 Å². The Kier molecular flexibility index (Phi) is 4.97. The highest BCUT2D eigenvalue weighted by Crippen LogP contribution is 2.28. The van der Waals surface area contributed by atoms with E-state index in [1.807, 2.05) is 0 Å². The fraction of sp³-hybridized carbons (Fsp3) is 0.500. The maximum absolute atomic E-state index is 12.4. The zero-order valence-corrected chi connectivity index (χ0v) is 12.7. The van der Waals surface area contributed by atoms with Crippen LogP contribution in [0.5, 0.6) is 0 Å². The van der Waals surface area contributed by atoms with Crippen molar-refractivity contribution in [3.63, 3.8) is 0 Å². The van der Waals surface area contributed by atoms with Crippen molar-refractivity contribution >= 4 is 16.0 Å². The fourth-order valence-corrected chi connectivity index (χ4v) is 3.22. The van der Waals surface area contributed by atoms with Crippen molar-refractivity contribution in [2.75, 3.05) is 26.8 Å². The summed E-state index contributed by atoms with van der Waals surface area (Å²) in [6.45, 7) is 1.17. The number of rotatable bonds is 8. The van der Waals surface area contributed by atoms with Gasteiger partial charge >= 0.3 is 5.97 Å². The zero-order chi connectivity index (χ0) is 15.5. The van der Waals surface area contributed by atoms with Gasteiger partial charge in [-0.3, -0.25) is 0 Å². The molecule has 0 amide bonds. The monoisotopic (exact) mass is 313 g/mol. The number of carboxylic acids is 1. The summed E-state index contributed by atoms with van der Waals surface area (Å²) in [6.07, 6.45) is 2.36. The van der Waals surface area contributed by atoms with E-state index in [0.717, 1.165) is 4.31 Å². The summed E-state index contributed by atoms with van der Waals surface area (Å²) in [7, 11) is -2.40. The molecule has 0 bridgehead atoms. The Labute approximate surface area is 124 Å². The molecule has 1 aliphatic rings. The van der Waals surface area contributed by atoms with Crippen molar-refractivity contribution in [2.45, 2.75) is 17.7 Å². The van der Waals surface area contributed by atoms with E-state index in [-0.39, 0.29) is 17.0 Å². The Morgan fingerprint density at radius 1 is 1.38 bits per heavy atom. The molecule has 0 heterocycles. The van der Waals surface area contributed by atoms with Crippen molar-refractivity contribution in [3.8, 4) is 0 Å². The summed E-state index contributed by atoms with van der Waals surface area (Å²) in [4.78, 5) is 10.9. The first kappa shape index (κ1) is 15.9. The molecule has 0 radical (unpaired) electrons. The number of nitrogens with zero attached hydrogens (tertiary/aromatic N) is 1. The molecular formula is C14H19NO5S. The van der Waals surface area contributed by atoms with Crippen LogP contribution in [0, 0.1) is 5.92 Å². The van der Waals surface area contributed by atoms with Gasteiger partial charge in [-0.2, -0.15) is 4.31 Å². The van der Waals surface area contributed by atoms with Crippen LogP contribution in [-0.4, -0.2) is 50.6 Å². The summed E-state index contributed by atoms with van der Waals surface area (Å²) in [5.41, 5.74) is -0.219. The maximum Gasteiger partial charge on any atom is 0.337 e. The number of benzene rings is 1. The molecule has 1 aliphatic carbocycles. The summed E-state index contributed by atoms with van der Waals surface area (Å²) in [5.74, 6) is -0.632. The van der Waals surface area contributed by atoms with Crippen LogP contribution in [0.4, 0.5) is 0 Å². The predicted molar refractivity (Wildman–Crippen MR) is 76.8 cm³/mol. The lowest BCUT2D eigenvalue weighted by atomic mass is 10.2. The third kappa shape index (κ3) is 4.03. The van der Waals surface area contributed by atoms with E-state index in [2.05, 4.69) is 0 Å². The summed E-state index contributed by atoms with van der Waals surface area (Å²) < 4.78 is 31.4. The van der Waals surface area contributed by atoms with Gasteiger partial charge in [0.2, 0.25) is 10.0 Å². The molecule has 116 valence electrons. The first-order valence-electron chi connectivity index (χ1n) is 6.79. The molecule has 2 rings (SSSR count). The SMILES string of the molecule is CN(CCOCC1CC1)S(=O)(=O)c1ccccc1C(=O)O. The van der Waals surface area contributed by atoms with Gasteiger partial charge < -0.3 is 9.84 Å². The van der Waals surface area contributed by atoms with Gasteiger partial charge in [0.1, 0.15) is 0 Å². The zero-order valence-electron chi connectivity index (χ0n) is 11.9. The Hall–Kier alpha value is -1.44. The largest absolute Gasteiger partial charge is 0.478 e. The average Bonchev–Trinajstić information content (AvgIpc) is 3.27. The first-order valence-corrected chi connectivity index (χ1v) is 8.23. The number of carbonyl (C=O) groups is 1. The summed E-state index contributed by atoms with van der Waals surface area (Å²) in [5, 5.41) is 9.09. The number of sulfonamides is 1. The van der Waals surface area contributed by atoms with E-state index in [4.69, 9.17) is 9.84 Å². The minimum Gasteiger partial charge on any atom is -0.478 e. The molecule has 1 aromatic rings. The van der Waals surface area contributed by atoms with Gasteiger partial charge in [-0.1, -0.05) is 12.1 Å². The molecule has 0 atom stereocenters. The highest BCUT2D eigenvalue weighted by molar-refractivity contribution is 7.89. The van der Waals surface area contributed by atoms with Crippen molar-refractivity contribution in [2.24, 2.45) is 5.92 Å². The van der Waals surface area contributed by atoms with Crippen LogP contribution >= 0.6 is 0 Å². The maximum atomic E-state index is 12.4. The third-order valence-corrected chi connectivity index (χ3v) is 5.32. The molecule has 0 aromatic heterocycles. The number of hydrogen-bond acceptors (Lipinski definition) is 4. The smallest absolute Gasteiger partial charge is 0.337 e. The highest BCUT2D eigenvalue weighted by atomic mass is 32.2. The van der Waals surface area contributed by atoms with Gasteiger partial charge in [0, 0.05) is 20.2 Å². The van der Waals surface area contributed by atoms with Crippen molar-refractivity contribution in [1.82, 2.24) is 4.31 Å². The van der Waals surface area contributed by atoms with Crippen molar-refractivity contribution in [3.05, 3.63) is 29.8 Å². The minimum atomic E-state index is -3.83. The quantitative estimate of drug-likeness (QED) is 0.734. The van der Waals surface area contributed by atoms with Crippen LogP contribution in [0.1, 0.15) is 23.2 Å². The number of ether oxygens (including phenoxy) is 1. The number of carboxylic acid groups (broad SMARTS) is 1. The summed E-state index contributed by atoms with van der Waals surface area (Å²) >= 11 is 0. The van der Waals surface area contributed by atoms with E-state index in [9.17, 15) is 13.2 Å². The standard InChI is InChI=1S/C14H19NO5S/c1-15(8-9-20-10-11-6-7-11)21(18,19)13-5-3-2-4-12(13)14(16)17/h2-5,11H,6-10H2,1H3,(H,16,17). The molecule has 1 N–H and O–H groups in total. The van der Waals surface area contributed by atoms with Gasteiger partial charge in [-0.05, 0) is 30.9 Å². The van der Waals surface area contributed by atoms with Gasteiger partial charge in [0.25, 0.3) is 0 Å². The molecule has 0 saturated heterocycles. The second kappa shape index (κ2) is 6.55. The van der Waals surface area contributed by atoms with Gasteiger partial charge in [0.05, 0.1) is 17.1 Å². The van der Waals surface area contributed by atoms with Crippen molar-refractivity contribution < 1.29 is 23.1 Å². The van der Waals surface area contributed by atoms with E-state index in [1.165, 1.54) is 44.2 Å². The second-order valence-corrected chi connectivity index (χ2v) is 7.16. The lowest BCUT2D eigenvalue weighted by Crippen LogP contribution is -2.31. The van der Waals surface area contributed by atoms with Crippen molar-refractivity contribution in [1.29, 1.82) is 0 Å². The Bertz CT molecular complexity index is 610. The number of likely N-dealkylation sites (N-methyl/N-ethyl adjacent to an activating group) is 1. The number of aromatic carboxylic acids is 1. The highest BCUT2D eigenvalue weighted by Gasteiger charge is 2.26. The minimum absolute atomic E-state index is 0.192. The molecule has 7 heteroatoms. The lowest BCUT2D eigenvalue weighted by molar-refractivity contribution is 0.0692. The topological polar surface area (TPSA) is 83.9 Å². The van der Waals surface area contributed by atoms with E-state index >= 15 is 0 Å². The molecule has 6 nitrogen and oxygen atoms in total. The number of hydrogen-bond donors (Lipinski definition) is 1. The van der Waals surface area contributed by atoms with Gasteiger partial charge in [0.15, 0.2) is 0 Å². The Morgan fingerprint density at radius 3 is 2.67 bits per heavy atom.